The van der Waals surface area contributed by atoms with Gasteiger partial charge in [0.25, 0.3) is 0 Å². The Morgan fingerprint density at radius 2 is 1.74 bits per heavy atom. The normalized spacial score (nSPS) is 11.6. The lowest BCUT2D eigenvalue weighted by molar-refractivity contribution is 0.301. The summed E-state index contributed by atoms with van der Waals surface area (Å²) in [5.74, 6) is 0.989. The monoisotopic (exact) mass is 263 g/mol. The first-order chi connectivity index (χ1) is 9.01. The summed E-state index contributed by atoms with van der Waals surface area (Å²) in [6.07, 6.45) is 4.60. The van der Waals surface area contributed by atoms with Crippen molar-refractivity contribution in [3.63, 3.8) is 0 Å². The molecule has 0 saturated carbocycles. The maximum absolute atomic E-state index is 5.74. The van der Waals surface area contributed by atoms with E-state index in [0.717, 1.165) is 38.2 Å². The quantitative estimate of drug-likeness (QED) is 0.710. The zero-order valence-electron chi connectivity index (χ0n) is 13.0. The van der Waals surface area contributed by atoms with Crippen LogP contribution in [-0.4, -0.2) is 18.7 Å². The summed E-state index contributed by atoms with van der Waals surface area (Å²) in [7, 11) is 0. The Balaban J connectivity index is 2.12. The van der Waals surface area contributed by atoms with Crippen LogP contribution in [0.5, 0.6) is 5.75 Å². The molecule has 0 unspecified atom stereocenters. The molecule has 0 aliphatic rings. The maximum atomic E-state index is 5.74. The second kappa shape index (κ2) is 8.21. The fraction of sp³-hybridized carbons (Fsp3) is 0.647. The Morgan fingerprint density at radius 3 is 2.32 bits per heavy atom. The number of benzene rings is 1. The van der Waals surface area contributed by atoms with Crippen LogP contribution >= 0.6 is 0 Å². The van der Waals surface area contributed by atoms with Crippen molar-refractivity contribution in [2.75, 3.05) is 13.2 Å². The third-order valence-electron chi connectivity index (χ3n) is 2.96. The molecule has 1 aromatic rings. The highest BCUT2D eigenvalue weighted by Crippen LogP contribution is 2.13. The number of rotatable bonds is 8. The zero-order valence-corrected chi connectivity index (χ0v) is 13.0. The van der Waals surface area contributed by atoms with Gasteiger partial charge in [-0.2, -0.15) is 0 Å². The Kier molecular flexibility index (Phi) is 6.93. The van der Waals surface area contributed by atoms with Crippen LogP contribution in [0.2, 0.25) is 0 Å². The summed E-state index contributed by atoms with van der Waals surface area (Å²) >= 11 is 0. The van der Waals surface area contributed by atoms with E-state index in [-0.39, 0.29) is 5.54 Å². The van der Waals surface area contributed by atoms with E-state index >= 15 is 0 Å². The van der Waals surface area contributed by atoms with Crippen molar-refractivity contribution in [3.8, 4) is 5.75 Å². The second-order valence-corrected chi connectivity index (χ2v) is 6.13. The van der Waals surface area contributed by atoms with Crippen molar-refractivity contribution in [1.82, 2.24) is 5.32 Å². The molecule has 0 amide bonds. The van der Waals surface area contributed by atoms with Gasteiger partial charge in [-0.05, 0) is 64.3 Å². The molecule has 2 heteroatoms. The molecule has 1 aromatic carbocycles. The Bertz CT molecular complexity index is 337. The summed E-state index contributed by atoms with van der Waals surface area (Å²) in [5, 5.41) is 3.49. The van der Waals surface area contributed by atoms with Crippen LogP contribution in [0, 0.1) is 0 Å². The van der Waals surface area contributed by atoms with Gasteiger partial charge in [-0.15, -0.1) is 0 Å². The highest BCUT2D eigenvalue weighted by atomic mass is 16.5. The highest BCUT2D eigenvalue weighted by Gasteiger charge is 2.06. The lowest BCUT2D eigenvalue weighted by Gasteiger charge is -2.20. The molecule has 0 bridgehead atoms. The summed E-state index contributed by atoms with van der Waals surface area (Å²) in [6.45, 7) is 10.7. The Labute approximate surface area is 118 Å². The second-order valence-electron chi connectivity index (χ2n) is 6.13. The van der Waals surface area contributed by atoms with E-state index in [2.05, 4.69) is 57.3 Å². The van der Waals surface area contributed by atoms with Gasteiger partial charge in [0.15, 0.2) is 0 Å². The third kappa shape index (κ3) is 7.89. The van der Waals surface area contributed by atoms with Crippen molar-refractivity contribution >= 4 is 0 Å². The molecule has 0 aliphatic carbocycles. The minimum atomic E-state index is 0.218. The van der Waals surface area contributed by atoms with Crippen molar-refractivity contribution in [3.05, 3.63) is 29.8 Å². The lowest BCUT2D eigenvalue weighted by Crippen LogP contribution is -2.36. The largest absolute Gasteiger partial charge is 0.494 e. The van der Waals surface area contributed by atoms with E-state index < -0.39 is 0 Å². The zero-order chi connectivity index (χ0) is 14.1. The molecule has 1 N–H and O–H groups in total. The predicted octanol–water partition coefficient (Wildman–Crippen LogP) is 4.19. The van der Waals surface area contributed by atoms with E-state index in [4.69, 9.17) is 4.74 Å². The topological polar surface area (TPSA) is 21.3 Å². The number of unbranched alkanes of at least 4 members (excludes halogenated alkanes) is 1. The fourth-order valence-electron chi connectivity index (χ4n) is 1.92. The van der Waals surface area contributed by atoms with Gasteiger partial charge >= 0.3 is 0 Å². The SMILES string of the molecule is CCCc1ccc(OCCCCNC(C)(C)C)cc1. The van der Waals surface area contributed by atoms with Gasteiger partial charge in [0.05, 0.1) is 6.61 Å². The van der Waals surface area contributed by atoms with E-state index in [1.165, 1.54) is 12.0 Å². The molecule has 0 aromatic heterocycles. The molecule has 0 aliphatic heterocycles. The first-order valence-electron chi connectivity index (χ1n) is 7.48. The van der Waals surface area contributed by atoms with Crippen molar-refractivity contribution in [2.24, 2.45) is 0 Å². The van der Waals surface area contributed by atoms with Crippen LogP contribution in [0.1, 0.15) is 52.5 Å². The third-order valence-corrected chi connectivity index (χ3v) is 2.96. The molecule has 0 atom stereocenters. The molecule has 19 heavy (non-hydrogen) atoms. The van der Waals surface area contributed by atoms with Crippen LogP contribution < -0.4 is 10.1 Å². The molecule has 0 spiro atoms. The fourth-order valence-corrected chi connectivity index (χ4v) is 1.92. The standard InChI is InChI=1S/C17H29NO/c1-5-8-15-9-11-16(12-10-15)19-14-7-6-13-18-17(2,3)4/h9-12,18H,5-8,13-14H2,1-4H3. The molecule has 1 rings (SSSR count). The van der Waals surface area contributed by atoms with Gasteiger partial charge in [0.2, 0.25) is 0 Å². The Morgan fingerprint density at radius 1 is 1.05 bits per heavy atom. The average molecular weight is 263 g/mol. The summed E-state index contributed by atoms with van der Waals surface area (Å²) in [5.41, 5.74) is 1.61. The lowest BCUT2D eigenvalue weighted by atomic mass is 10.1. The molecule has 0 fully saturated rings. The van der Waals surface area contributed by atoms with Crippen LogP contribution in [0.3, 0.4) is 0 Å². The van der Waals surface area contributed by atoms with Crippen molar-refractivity contribution in [2.45, 2.75) is 58.9 Å². The van der Waals surface area contributed by atoms with E-state index in [9.17, 15) is 0 Å². The summed E-state index contributed by atoms with van der Waals surface area (Å²) in [4.78, 5) is 0. The Hall–Kier alpha value is -1.02. The summed E-state index contributed by atoms with van der Waals surface area (Å²) < 4.78 is 5.74. The van der Waals surface area contributed by atoms with Crippen LogP contribution in [0.4, 0.5) is 0 Å². The first-order valence-corrected chi connectivity index (χ1v) is 7.48. The minimum Gasteiger partial charge on any atom is -0.494 e. The minimum absolute atomic E-state index is 0.218. The van der Waals surface area contributed by atoms with Gasteiger partial charge in [-0.1, -0.05) is 25.5 Å². The molecular formula is C17H29NO. The number of hydrogen-bond donors (Lipinski definition) is 1. The summed E-state index contributed by atoms with van der Waals surface area (Å²) in [6, 6.07) is 8.50. The number of aryl methyl sites for hydroxylation is 1. The van der Waals surface area contributed by atoms with Crippen molar-refractivity contribution < 1.29 is 4.74 Å². The smallest absolute Gasteiger partial charge is 0.119 e. The molecule has 108 valence electrons. The van der Waals surface area contributed by atoms with Gasteiger partial charge < -0.3 is 10.1 Å². The number of ether oxygens (including phenoxy) is 1. The first kappa shape index (κ1) is 16.0. The van der Waals surface area contributed by atoms with E-state index in [1.807, 2.05) is 0 Å². The van der Waals surface area contributed by atoms with Gasteiger partial charge in [-0.25, -0.2) is 0 Å². The molecule has 0 saturated heterocycles. The van der Waals surface area contributed by atoms with E-state index in [1.54, 1.807) is 0 Å². The van der Waals surface area contributed by atoms with Crippen LogP contribution in [-0.2, 0) is 6.42 Å². The van der Waals surface area contributed by atoms with Gasteiger partial charge in [-0.3, -0.25) is 0 Å². The van der Waals surface area contributed by atoms with Crippen LogP contribution in [0.15, 0.2) is 24.3 Å². The van der Waals surface area contributed by atoms with Crippen LogP contribution in [0.25, 0.3) is 0 Å². The van der Waals surface area contributed by atoms with Gasteiger partial charge in [0, 0.05) is 5.54 Å². The number of nitrogens with one attached hydrogen (secondary N) is 1. The molecule has 0 heterocycles. The number of hydrogen-bond acceptors (Lipinski definition) is 2. The molecule has 2 nitrogen and oxygen atoms in total. The van der Waals surface area contributed by atoms with Gasteiger partial charge in [0.1, 0.15) is 5.75 Å². The average Bonchev–Trinajstić information content (AvgIpc) is 2.35. The predicted molar refractivity (Wildman–Crippen MR) is 82.9 cm³/mol. The van der Waals surface area contributed by atoms with Crippen molar-refractivity contribution in [1.29, 1.82) is 0 Å². The van der Waals surface area contributed by atoms with E-state index in [0.29, 0.717) is 0 Å². The highest BCUT2D eigenvalue weighted by molar-refractivity contribution is 5.27. The maximum Gasteiger partial charge on any atom is 0.119 e. The molecule has 0 radical (unpaired) electrons. The molecular weight excluding hydrogens is 234 g/mol.